The Morgan fingerprint density at radius 3 is 2.50 bits per heavy atom. The van der Waals surface area contributed by atoms with Crippen LogP contribution in [-0.4, -0.2) is 31.0 Å². The van der Waals surface area contributed by atoms with Crippen molar-refractivity contribution in [3.05, 3.63) is 62.1 Å². The first-order valence-electron chi connectivity index (χ1n) is 9.35. The van der Waals surface area contributed by atoms with Crippen LogP contribution in [0.2, 0.25) is 0 Å². The Bertz CT molecular complexity index is 908. The van der Waals surface area contributed by atoms with E-state index in [2.05, 4.69) is 27.8 Å². The first-order chi connectivity index (χ1) is 13.3. The van der Waals surface area contributed by atoms with Gasteiger partial charge in [-0.3, -0.25) is 14.9 Å². The van der Waals surface area contributed by atoms with E-state index in [0.717, 1.165) is 41.7 Å². The molecule has 1 saturated heterocycles. The number of hydrogen-bond donors (Lipinski definition) is 0. The van der Waals surface area contributed by atoms with Gasteiger partial charge in [0.15, 0.2) is 0 Å². The Kier molecular flexibility index (Phi) is 6.03. The molecule has 7 heteroatoms. The monoisotopic (exact) mass is 445 g/mol. The van der Waals surface area contributed by atoms with Crippen molar-refractivity contribution >= 4 is 38.9 Å². The molecular formula is C21H24BrN3O3. The zero-order valence-corrected chi connectivity index (χ0v) is 17.9. The average molecular weight is 446 g/mol. The molecule has 0 atom stereocenters. The topological polar surface area (TPSA) is 66.7 Å². The van der Waals surface area contributed by atoms with Gasteiger partial charge in [0.1, 0.15) is 5.69 Å². The number of anilines is 2. The number of carbonyl (C=O) groups is 1. The van der Waals surface area contributed by atoms with Crippen molar-refractivity contribution in [2.75, 3.05) is 29.9 Å². The number of nitro benzene ring substituents is 1. The van der Waals surface area contributed by atoms with Gasteiger partial charge in [-0.1, -0.05) is 22.9 Å². The van der Waals surface area contributed by atoms with E-state index in [1.807, 2.05) is 25.1 Å². The minimum Gasteiger partial charge on any atom is -0.366 e. The molecule has 1 fully saturated rings. The van der Waals surface area contributed by atoms with E-state index in [4.69, 9.17) is 0 Å². The Balaban J connectivity index is 1.90. The standard InChI is InChI=1S/C21H24BrN3O3/c1-14-8-10-24(11-9-14)19-6-4-16(13-20(19)25(27)28)21(26)23(3)18-7-5-17(22)12-15(18)2/h4-7,12-14H,8-11H2,1-3H3. The van der Waals surface area contributed by atoms with Crippen molar-refractivity contribution < 1.29 is 9.72 Å². The number of piperidine rings is 1. The van der Waals surface area contributed by atoms with E-state index in [1.165, 1.54) is 11.0 Å². The van der Waals surface area contributed by atoms with Gasteiger partial charge < -0.3 is 9.80 Å². The number of nitrogens with zero attached hydrogens (tertiary/aromatic N) is 3. The first-order valence-corrected chi connectivity index (χ1v) is 10.1. The normalized spacial score (nSPS) is 14.8. The summed E-state index contributed by atoms with van der Waals surface area (Å²) >= 11 is 3.42. The summed E-state index contributed by atoms with van der Waals surface area (Å²) in [5.74, 6) is 0.367. The Hall–Kier alpha value is -2.41. The molecule has 1 aliphatic rings. The van der Waals surface area contributed by atoms with E-state index in [9.17, 15) is 14.9 Å². The summed E-state index contributed by atoms with van der Waals surface area (Å²) in [5, 5.41) is 11.7. The van der Waals surface area contributed by atoms with Crippen LogP contribution in [0.1, 0.15) is 35.7 Å². The summed E-state index contributed by atoms with van der Waals surface area (Å²) in [6.07, 6.45) is 2.03. The molecule has 0 bridgehead atoms. The zero-order chi connectivity index (χ0) is 20.4. The molecule has 6 nitrogen and oxygen atoms in total. The molecule has 148 valence electrons. The number of carbonyl (C=O) groups excluding carboxylic acids is 1. The maximum absolute atomic E-state index is 13.0. The number of rotatable bonds is 4. The second-order valence-electron chi connectivity index (χ2n) is 7.43. The third-order valence-electron chi connectivity index (χ3n) is 5.37. The van der Waals surface area contributed by atoms with E-state index < -0.39 is 4.92 Å². The number of amides is 1. The molecule has 0 aliphatic carbocycles. The van der Waals surface area contributed by atoms with Crippen LogP contribution in [0.4, 0.5) is 17.1 Å². The predicted molar refractivity (Wildman–Crippen MR) is 115 cm³/mol. The minimum atomic E-state index is -0.394. The lowest BCUT2D eigenvalue weighted by molar-refractivity contribution is -0.384. The van der Waals surface area contributed by atoms with Crippen molar-refractivity contribution in [2.45, 2.75) is 26.7 Å². The van der Waals surface area contributed by atoms with Gasteiger partial charge in [0.2, 0.25) is 0 Å². The van der Waals surface area contributed by atoms with Gasteiger partial charge in [-0.05, 0) is 61.6 Å². The highest BCUT2D eigenvalue weighted by Gasteiger charge is 2.26. The van der Waals surface area contributed by atoms with Gasteiger partial charge in [-0.2, -0.15) is 0 Å². The van der Waals surface area contributed by atoms with Gasteiger partial charge in [0.05, 0.1) is 4.92 Å². The fourth-order valence-corrected chi connectivity index (χ4v) is 4.09. The molecule has 0 spiro atoms. The molecule has 1 heterocycles. The molecule has 0 unspecified atom stereocenters. The lowest BCUT2D eigenvalue weighted by Crippen LogP contribution is -2.33. The first kappa shape index (κ1) is 20.3. The van der Waals surface area contributed by atoms with Crippen LogP contribution in [0.5, 0.6) is 0 Å². The second-order valence-corrected chi connectivity index (χ2v) is 8.34. The lowest BCUT2D eigenvalue weighted by atomic mass is 9.98. The Morgan fingerprint density at radius 2 is 1.89 bits per heavy atom. The Morgan fingerprint density at radius 1 is 1.21 bits per heavy atom. The molecule has 2 aromatic carbocycles. The molecule has 0 saturated carbocycles. The third-order valence-corrected chi connectivity index (χ3v) is 5.86. The smallest absolute Gasteiger partial charge is 0.293 e. The summed E-state index contributed by atoms with van der Waals surface area (Å²) in [5.41, 5.74) is 2.60. The van der Waals surface area contributed by atoms with Gasteiger partial charge in [0.25, 0.3) is 11.6 Å². The van der Waals surface area contributed by atoms with Crippen LogP contribution in [0, 0.1) is 23.0 Å². The quantitative estimate of drug-likeness (QED) is 0.480. The molecule has 28 heavy (non-hydrogen) atoms. The number of aryl methyl sites for hydroxylation is 1. The summed E-state index contributed by atoms with van der Waals surface area (Å²) in [6, 6.07) is 10.5. The summed E-state index contributed by atoms with van der Waals surface area (Å²) in [6.45, 7) is 5.72. The second kappa shape index (κ2) is 8.31. The molecule has 1 amide bonds. The molecule has 3 rings (SSSR count). The molecule has 0 radical (unpaired) electrons. The molecule has 0 N–H and O–H groups in total. The molecular weight excluding hydrogens is 422 g/mol. The highest BCUT2D eigenvalue weighted by atomic mass is 79.9. The summed E-state index contributed by atoms with van der Waals surface area (Å²) < 4.78 is 0.936. The summed E-state index contributed by atoms with van der Waals surface area (Å²) in [4.78, 5) is 27.8. The molecule has 1 aliphatic heterocycles. The van der Waals surface area contributed by atoms with E-state index in [-0.39, 0.29) is 11.6 Å². The SMILES string of the molecule is Cc1cc(Br)ccc1N(C)C(=O)c1ccc(N2CCC(C)CC2)c([N+](=O)[O-])c1. The van der Waals surface area contributed by atoms with Crippen LogP contribution in [0.3, 0.4) is 0 Å². The number of hydrogen-bond acceptors (Lipinski definition) is 4. The van der Waals surface area contributed by atoms with Crippen molar-refractivity contribution in [2.24, 2.45) is 5.92 Å². The Labute approximate surface area is 173 Å². The van der Waals surface area contributed by atoms with Crippen LogP contribution < -0.4 is 9.80 Å². The van der Waals surface area contributed by atoms with Gasteiger partial charge in [-0.25, -0.2) is 0 Å². The number of nitro groups is 1. The lowest BCUT2D eigenvalue weighted by Gasteiger charge is -2.31. The summed E-state index contributed by atoms with van der Waals surface area (Å²) in [7, 11) is 1.68. The van der Waals surface area contributed by atoms with E-state index >= 15 is 0 Å². The third kappa shape index (κ3) is 4.19. The number of benzene rings is 2. The average Bonchev–Trinajstić information content (AvgIpc) is 2.67. The van der Waals surface area contributed by atoms with Crippen LogP contribution in [0.15, 0.2) is 40.9 Å². The maximum atomic E-state index is 13.0. The molecule has 2 aromatic rings. The van der Waals surface area contributed by atoms with Gasteiger partial charge in [0, 0.05) is 41.9 Å². The van der Waals surface area contributed by atoms with Crippen molar-refractivity contribution in [1.29, 1.82) is 0 Å². The largest absolute Gasteiger partial charge is 0.366 e. The van der Waals surface area contributed by atoms with E-state index in [0.29, 0.717) is 17.2 Å². The fraction of sp³-hybridized carbons (Fsp3) is 0.381. The van der Waals surface area contributed by atoms with Crippen molar-refractivity contribution in [3.63, 3.8) is 0 Å². The zero-order valence-electron chi connectivity index (χ0n) is 16.3. The fourth-order valence-electron chi connectivity index (χ4n) is 3.62. The highest BCUT2D eigenvalue weighted by molar-refractivity contribution is 9.10. The van der Waals surface area contributed by atoms with E-state index in [1.54, 1.807) is 19.2 Å². The van der Waals surface area contributed by atoms with Crippen molar-refractivity contribution in [1.82, 2.24) is 0 Å². The van der Waals surface area contributed by atoms with Gasteiger partial charge in [-0.15, -0.1) is 0 Å². The molecule has 0 aromatic heterocycles. The highest BCUT2D eigenvalue weighted by Crippen LogP contribution is 2.33. The predicted octanol–water partition coefficient (Wildman–Crippen LogP) is 5.18. The van der Waals surface area contributed by atoms with Crippen LogP contribution in [-0.2, 0) is 0 Å². The van der Waals surface area contributed by atoms with Gasteiger partial charge >= 0.3 is 0 Å². The minimum absolute atomic E-state index is 0.0127. The van der Waals surface area contributed by atoms with Crippen LogP contribution in [0.25, 0.3) is 0 Å². The maximum Gasteiger partial charge on any atom is 0.293 e. The number of halogens is 1. The van der Waals surface area contributed by atoms with Crippen LogP contribution >= 0.6 is 15.9 Å². The van der Waals surface area contributed by atoms with Crippen molar-refractivity contribution in [3.8, 4) is 0 Å².